The van der Waals surface area contributed by atoms with Gasteiger partial charge in [-0.05, 0) is 24.3 Å². The highest BCUT2D eigenvalue weighted by atomic mass is 32.1. The molecule has 3 rings (SSSR count). The van der Waals surface area contributed by atoms with Crippen LogP contribution in [0.5, 0.6) is 0 Å². The number of aromatic nitrogens is 1. The lowest BCUT2D eigenvalue weighted by Crippen LogP contribution is -2.05. The lowest BCUT2D eigenvalue weighted by Gasteiger charge is -2.09. The lowest BCUT2D eigenvalue weighted by molar-refractivity contribution is -0.384. The number of nitro benzene ring substituents is 1. The highest BCUT2D eigenvalue weighted by molar-refractivity contribution is 7.14. The molecule has 3 aromatic rings. The van der Waals surface area contributed by atoms with Crippen molar-refractivity contribution in [3.63, 3.8) is 0 Å². The van der Waals surface area contributed by atoms with Gasteiger partial charge in [0.2, 0.25) is 0 Å². The summed E-state index contributed by atoms with van der Waals surface area (Å²) in [6.07, 6.45) is -4.47. The molecule has 0 spiro atoms. The molecule has 0 bridgehead atoms. The SMILES string of the molecule is O=[N+]([O-])c1ccc(F)c(-c2csc(Nc3cccc(C(F)(F)F)c3)n2)c1. The number of nitrogens with one attached hydrogen (secondary N) is 1. The van der Waals surface area contributed by atoms with Gasteiger partial charge in [-0.25, -0.2) is 9.37 Å². The number of thiazole rings is 1. The summed E-state index contributed by atoms with van der Waals surface area (Å²) in [5.41, 5.74) is -0.857. The molecule has 2 aromatic carbocycles. The zero-order chi connectivity index (χ0) is 18.9. The largest absolute Gasteiger partial charge is 0.416 e. The molecule has 0 radical (unpaired) electrons. The molecule has 5 nitrogen and oxygen atoms in total. The number of non-ortho nitro benzene ring substituents is 1. The summed E-state index contributed by atoms with van der Waals surface area (Å²) in [7, 11) is 0. The maximum Gasteiger partial charge on any atom is 0.416 e. The maximum atomic E-state index is 13.9. The number of nitrogens with zero attached hydrogens (tertiary/aromatic N) is 2. The number of nitro groups is 1. The van der Waals surface area contributed by atoms with E-state index < -0.39 is 22.5 Å². The van der Waals surface area contributed by atoms with E-state index in [-0.39, 0.29) is 27.8 Å². The molecular formula is C16H9F4N3O2S. The Balaban J connectivity index is 1.88. The number of alkyl halides is 3. The number of benzene rings is 2. The Morgan fingerprint density at radius 3 is 2.62 bits per heavy atom. The van der Waals surface area contributed by atoms with Gasteiger partial charge in [0.25, 0.3) is 5.69 Å². The zero-order valence-corrected chi connectivity index (χ0v) is 13.6. The number of hydrogen-bond donors (Lipinski definition) is 1. The van der Waals surface area contributed by atoms with Gasteiger partial charge in [-0.1, -0.05) is 6.07 Å². The molecule has 0 saturated carbocycles. The third-order valence-electron chi connectivity index (χ3n) is 3.38. The van der Waals surface area contributed by atoms with Crippen molar-refractivity contribution in [1.29, 1.82) is 0 Å². The third kappa shape index (κ3) is 3.80. The van der Waals surface area contributed by atoms with Crippen molar-refractivity contribution in [3.05, 3.63) is 69.3 Å². The standard InChI is InChI=1S/C16H9F4N3O2S/c17-13-5-4-11(23(24)25)7-12(13)14-8-26-15(22-14)21-10-3-1-2-9(6-10)16(18,19)20/h1-8H,(H,21,22). The van der Waals surface area contributed by atoms with Crippen LogP contribution in [0.3, 0.4) is 0 Å². The minimum Gasteiger partial charge on any atom is -0.332 e. The van der Waals surface area contributed by atoms with Crippen LogP contribution in [-0.2, 0) is 6.18 Å². The Hall–Kier alpha value is -3.01. The first-order valence-corrected chi connectivity index (χ1v) is 7.96. The second-order valence-corrected chi connectivity index (χ2v) is 6.02. The first-order valence-electron chi connectivity index (χ1n) is 7.08. The summed E-state index contributed by atoms with van der Waals surface area (Å²) in [4.78, 5) is 14.3. The van der Waals surface area contributed by atoms with Gasteiger partial charge in [-0.15, -0.1) is 11.3 Å². The van der Waals surface area contributed by atoms with Crippen molar-refractivity contribution in [2.24, 2.45) is 0 Å². The van der Waals surface area contributed by atoms with Crippen molar-refractivity contribution >= 4 is 27.8 Å². The lowest BCUT2D eigenvalue weighted by atomic mass is 10.1. The topological polar surface area (TPSA) is 68.1 Å². The number of hydrogen-bond acceptors (Lipinski definition) is 5. The molecule has 0 atom stereocenters. The van der Waals surface area contributed by atoms with Gasteiger partial charge in [0.1, 0.15) is 5.82 Å². The van der Waals surface area contributed by atoms with Crippen molar-refractivity contribution in [1.82, 2.24) is 4.98 Å². The van der Waals surface area contributed by atoms with Gasteiger partial charge >= 0.3 is 6.18 Å². The molecule has 0 aliphatic rings. The highest BCUT2D eigenvalue weighted by Crippen LogP contribution is 2.33. The summed E-state index contributed by atoms with van der Waals surface area (Å²) >= 11 is 1.04. The van der Waals surface area contributed by atoms with Crippen molar-refractivity contribution in [2.75, 3.05) is 5.32 Å². The Morgan fingerprint density at radius 1 is 1.15 bits per heavy atom. The molecule has 0 fully saturated rings. The normalized spacial score (nSPS) is 11.4. The summed E-state index contributed by atoms with van der Waals surface area (Å²) in [5, 5.41) is 15.2. The maximum absolute atomic E-state index is 13.9. The van der Waals surface area contributed by atoms with Crippen LogP contribution < -0.4 is 5.32 Å². The average molecular weight is 383 g/mol. The highest BCUT2D eigenvalue weighted by Gasteiger charge is 2.30. The molecule has 26 heavy (non-hydrogen) atoms. The van der Waals surface area contributed by atoms with Gasteiger partial charge in [0.15, 0.2) is 5.13 Å². The van der Waals surface area contributed by atoms with E-state index in [1.165, 1.54) is 17.5 Å². The van der Waals surface area contributed by atoms with E-state index >= 15 is 0 Å². The molecule has 134 valence electrons. The van der Waals surface area contributed by atoms with Crippen LogP contribution in [0.4, 0.5) is 34.1 Å². The van der Waals surface area contributed by atoms with Gasteiger partial charge in [-0.3, -0.25) is 10.1 Å². The smallest absolute Gasteiger partial charge is 0.332 e. The Morgan fingerprint density at radius 2 is 1.92 bits per heavy atom. The van der Waals surface area contributed by atoms with E-state index in [4.69, 9.17) is 0 Å². The van der Waals surface area contributed by atoms with Crippen LogP contribution in [0.25, 0.3) is 11.3 Å². The number of halogens is 4. The van der Waals surface area contributed by atoms with Crippen LogP contribution in [-0.4, -0.2) is 9.91 Å². The molecule has 1 heterocycles. The summed E-state index contributed by atoms with van der Waals surface area (Å²) < 4.78 is 52.2. The molecule has 1 N–H and O–H groups in total. The minimum absolute atomic E-state index is 0.0625. The Kier molecular flexibility index (Phi) is 4.60. The number of rotatable bonds is 4. The van der Waals surface area contributed by atoms with E-state index in [2.05, 4.69) is 10.3 Å². The van der Waals surface area contributed by atoms with Gasteiger partial charge in [0.05, 0.1) is 16.2 Å². The quantitative estimate of drug-likeness (QED) is 0.361. The summed E-state index contributed by atoms with van der Waals surface area (Å²) in [6.45, 7) is 0. The predicted molar refractivity (Wildman–Crippen MR) is 88.9 cm³/mol. The fourth-order valence-corrected chi connectivity index (χ4v) is 2.91. The Bertz CT molecular complexity index is 972. The van der Waals surface area contributed by atoms with Crippen LogP contribution in [0, 0.1) is 15.9 Å². The van der Waals surface area contributed by atoms with Gasteiger partial charge in [0, 0.05) is 28.8 Å². The van der Waals surface area contributed by atoms with Crippen LogP contribution in [0.1, 0.15) is 5.56 Å². The van der Waals surface area contributed by atoms with E-state index in [1.54, 1.807) is 0 Å². The van der Waals surface area contributed by atoms with Crippen molar-refractivity contribution in [3.8, 4) is 11.3 Å². The summed E-state index contributed by atoms with van der Waals surface area (Å²) in [5.74, 6) is -0.688. The van der Waals surface area contributed by atoms with E-state index in [0.29, 0.717) is 0 Å². The molecule has 1 aromatic heterocycles. The number of anilines is 2. The monoisotopic (exact) mass is 383 g/mol. The zero-order valence-electron chi connectivity index (χ0n) is 12.7. The summed E-state index contributed by atoms with van der Waals surface area (Å²) in [6, 6.07) is 7.61. The third-order valence-corrected chi connectivity index (χ3v) is 4.14. The second kappa shape index (κ2) is 6.71. The molecule has 0 aliphatic carbocycles. The van der Waals surface area contributed by atoms with Crippen LogP contribution >= 0.6 is 11.3 Å². The molecule has 0 amide bonds. The van der Waals surface area contributed by atoms with E-state index in [9.17, 15) is 27.7 Å². The molecular weight excluding hydrogens is 374 g/mol. The van der Waals surface area contributed by atoms with Crippen molar-refractivity contribution in [2.45, 2.75) is 6.18 Å². The molecule has 10 heteroatoms. The van der Waals surface area contributed by atoms with Gasteiger partial charge in [-0.2, -0.15) is 13.2 Å². The fourth-order valence-electron chi connectivity index (χ4n) is 2.17. The van der Waals surface area contributed by atoms with E-state index in [1.807, 2.05) is 0 Å². The van der Waals surface area contributed by atoms with Crippen molar-refractivity contribution < 1.29 is 22.5 Å². The minimum atomic E-state index is -4.47. The molecule has 0 saturated heterocycles. The Labute approximate surface area is 148 Å². The van der Waals surface area contributed by atoms with Gasteiger partial charge < -0.3 is 5.32 Å². The molecule has 0 unspecified atom stereocenters. The first kappa shape index (κ1) is 17.8. The van der Waals surface area contributed by atoms with Crippen LogP contribution in [0.2, 0.25) is 0 Å². The first-order chi connectivity index (χ1) is 12.2. The van der Waals surface area contributed by atoms with Crippen LogP contribution in [0.15, 0.2) is 47.8 Å². The molecule has 0 aliphatic heterocycles. The second-order valence-electron chi connectivity index (χ2n) is 5.16. The average Bonchev–Trinajstić information content (AvgIpc) is 3.02. The van der Waals surface area contributed by atoms with E-state index in [0.717, 1.165) is 41.7 Å². The fraction of sp³-hybridized carbons (Fsp3) is 0.0625. The predicted octanol–water partition coefficient (Wildman–Crippen LogP) is 5.62.